The van der Waals surface area contributed by atoms with Gasteiger partial charge in [-0.1, -0.05) is 0 Å². The molecule has 0 aromatic carbocycles. The van der Waals surface area contributed by atoms with Gasteiger partial charge < -0.3 is 9.80 Å². The van der Waals surface area contributed by atoms with E-state index in [2.05, 4.69) is 39.7 Å². The maximum atomic E-state index is 11.9. The van der Waals surface area contributed by atoms with Crippen LogP contribution >= 0.6 is 0 Å². The number of hydrogen-bond donors (Lipinski definition) is 0. The number of amides is 1. The SMILES string of the molecule is CN(C)CCC1CN(CC(=O)N(C)C)Cc2ccnn21. The van der Waals surface area contributed by atoms with Crippen molar-refractivity contribution in [3.8, 4) is 0 Å². The van der Waals surface area contributed by atoms with E-state index in [1.807, 2.05) is 6.20 Å². The summed E-state index contributed by atoms with van der Waals surface area (Å²) in [6.45, 7) is 3.20. The van der Waals surface area contributed by atoms with Crippen LogP contribution in [-0.4, -0.2) is 78.2 Å². The van der Waals surface area contributed by atoms with Gasteiger partial charge in [-0.05, 0) is 33.1 Å². The zero-order chi connectivity index (χ0) is 14.7. The van der Waals surface area contributed by atoms with Crippen LogP contribution in [0.5, 0.6) is 0 Å². The number of likely N-dealkylation sites (N-methyl/N-ethyl adjacent to an activating group) is 1. The third kappa shape index (κ3) is 3.58. The van der Waals surface area contributed by atoms with E-state index in [4.69, 9.17) is 0 Å². The maximum absolute atomic E-state index is 11.9. The van der Waals surface area contributed by atoms with Gasteiger partial charge in [0.2, 0.25) is 5.91 Å². The van der Waals surface area contributed by atoms with Crippen molar-refractivity contribution in [1.82, 2.24) is 24.5 Å². The standard InChI is InChI=1S/C14H25N5O/c1-16(2)8-6-13-10-18(11-14(20)17(3)4)9-12-5-7-15-19(12)13/h5,7,13H,6,8-11H2,1-4H3. The number of rotatable bonds is 5. The van der Waals surface area contributed by atoms with E-state index in [1.165, 1.54) is 5.69 Å². The Bertz CT molecular complexity index is 454. The lowest BCUT2D eigenvalue weighted by Gasteiger charge is -2.34. The molecule has 1 unspecified atom stereocenters. The second kappa shape index (κ2) is 6.37. The molecular weight excluding hydrogens is 254 g/mol. The van der Waals surface area contributed by atoms with Gasteiger partial charge in [-0.15, -0.1) is 0 Å². The Morgan fingerprint density at radius 3 is 2.80 bits per heavy atom. The highest BCUT2D eigenvalue weighted by atomic mass is 16.2. The summed E-state index contributed by atoms with van der Waals surface area (Å²) in [5, 5.41) is 4.44. The topological polar surface area (TPSA) is 44.6 Å². The Morgan fingerprint density at radius 2 is 2.15 bits per heavy atom. The van der Waals surface area contributed by atoms with Crippen molar-refractivity contribution in [2.45, 2.75) is 19.0 Å². The molecule has 1 aliphatic heterocycles. The minimum atomic E-state index is 0.157. The summed E-state index contributed by atoms with van der Waals surface area (Å²) in [5.41, 5.74) is 1.20. The fourth-order valence-corrected chi connectivity index (χ4v) is 2.54. The Kier molecular flexibility index (Phi) is 4.77. The fraction of sp³-hybridized carbons (Fsp3) is 0.714. The summed E-state index contributed by atoms with van der Waals surface area (Å²) in [4.78, 5) is 18.0. The molecule has 0 aliphatic carbocycles. The smallest absolute Gasteiger partial charge is 0.236 e. The Morgan fingerprint density at radius 1 is 1.40 bits per heavy atom. The van der Waals surface area contributed by atoms with Crippen molar-refractivity contribution in [2.75, 3.05) is 47.8 Å². The molecule has 0 fully saturated rings. The summed E-state index contributed by atoms with van der Waals surface area (Å²) in [5.74, 6) is 0.157. The van der Waals surface area contributed by atoms with Crippen molar-refractivity contribution in [3.63, 3.8) is 0 Å². The highest BCUT2D eigenvalue weighted by Gasteiger charge is 2.26. The van der Waals surface area contributed by atoms with Crippen molar-refractivity contribution in [2.24, 2.45) is 0 Å². The van der Waals surface area contributed by atoms with Crippen LogP contribution in [0, 0.1) is 0 Å². The minimum absolute atomic E-state index is 0.157. The highest BCUT2D eigenvalue weighted by Crippen LogP contribution is 2.22. The van der Waals surface area contributed by atoms with Gasteiger partial charge in [-0.25, -0.2) is 0 Å². The van der Waals surface area contributed by atoms with Crippen LogP contribution in [0.3, 0.4) is 0 Å². The Labute approximate surface area is 120 Å². The minimum Gasteiger partial charge on any atom is -0.348 e. The predicted molar refractivity (Wildman–Crippen MR) is 78.4 cm³/mol. The molecule has 0 saturated carbocycles. The van der Waals surface area contributed by atoms with Crippen molar-refractivity contribution in [1.29, 1.82) is 0 Å². The lowest BCUT2D eigenvalue weighted by Crippen LogP contribution is -2.43. The molecule has 1 aromatic rings. The molecule has 0 N–H and O–H groups in total. The first-order valence-electron chi connectivity index (χ1n) is 7.07. The fourth-order valence-electron chi connectivity index (χ4n) is 2.54. The first-order valence-corrected chi connectivity index (χ1v) is 7.07. The van der Waals surface area contributed by atoms with Gasteiger partial charge in [0.1, 0.15) is 0 Å². The predicted octanol–water partition coefficient (Wildman–Crippen LogP) is 0.280. The largest absolute Gasteiger partial charge is 0.348 e. The van der Waals surface area contributed by atoms with Gasteiger partial charge >= 0.3 is 0 Å². The van der Waals surface area contributed by atoms with Crippen molar-refractivity contribution >= 4 is 5.91 Å². The van der Waals surface area contributed by atoms with Crippen LogP contribution in [-0.2, 0) is 11.3 Å². The lowest BCUT2D eigenvalue weighted by atomic mass is 10.1. The molecule has 0 spiro atoms. The van der Waals surface area contributed by atoms with E-state index in [-0.39, 0.29) is 5.91 Å². The monoisotopic (exact) mass is 279 g/mol. The molecule has 2 heterocycles. The summed E-state index contributed by atoms with van der Waals surface area (Å²) in [6.07, 6.45) is 2.91. The van der Waals surface area contributed by atoms with E-state index in [9.17, 15) is 4.79 Å². The van der Waals surface area contributed by atoms with E-state index in [0.717, 1.165) is 26.1 Å². The van der Waals surface area contributed by atoms with E-state index in [0.29, 0.717) is 12.6 Å². The molecule has 0 bridgehead atoms. The third-order valence-corrected chi connectivity index (χ3v) is 3.72. The van der Waals surface area contributed by atoms with Gasteiger partial charge in [0.05, 0.1) is 18.3 Å². The molecule has 20 heavy (non-hydrogen) atoms. The van der Waals surface area contributed by atoms with E-state index < -0.39 is 0 Å². The number of aromatic nitrogens is 2. The van der Waals surface area contributed by atoms with Crippen LogP contribution in [0.2, 0.25) is 0 Å². The summed E-state index contributed by atoms with van der Waals surface area (Å²) < 4.78 is 2.13. The first-order chi connectivity index (χ1) is 9.47. The average molecular weight is 279 g/mol. The van der Waals surface area contributed by atoms with Gasteiger partial charge in [0.15, 0.2) is 0 Å². The van der Waals surface area contributed by atoms with Crippen LogP contribution < -0.4 is 0 Å². The van der Waals surface area contributed by atoms with Crippen LogP contribution in [0.4, 0.5) is 0 Å². The zero-order valence-electron chi connectivity index (χ0n) is 12.9. The van der Waals surface area contributed by atoms with E-state index in [1.54, 1.807) is 19.0 Å². The molecule has 6 heteroatoms. The third-order valence-electron chi connectivity index (χ3n) is 3.72. The molecule has 1 aliphatic rings. The molecule has 0 radical (unpaired) electrons. The van der Waals surface area contributed by atoms with Crippen molar-refractivity contribution < 1.29 is 4.79 Å². The number of hydrogen-bond acceptors (Lipinski definition) is 4. The molecular formula is C14H25N5O. The molecule has 1 atom stereocenters. The molecule has 1 aromatic heterocycles. The quantitative estimate of drug-likeness (QED) is 0.776. The normalized spacial score (nSPS) is 19.1. The van der Waals surface area contributed by atoms with Crippen LogP contribution in [0.15, 0.2) is 12.3 Å². The average Bonchev–Trinajstić information content (AvgIpc) is 2.83. The van der Waals surface area contributed by atoms with Gasteiger partial charge in [0.25, 0.3) is 0 Å². The summed E-state index contributed by atoms with van der Waals surface area (Å²) in [7, 11) is 7.78. The number of carbonyl (C=O) groups is 1. The number of carbonyl (C=O) groups excluding carboxylic acids is 1. The van der Waals surface area contributed by atoms with Gasteiger partial charge in [-0.3, -0.25) is 14.4 Å². The van der Waals surface area contributed by atoms with Crippen LogP contribution in [0.1, 0.15) is 18.2 Å². The second-order valence-electron chi connectivity index (χ2n) is 5.97. The second-order valence-corrected chi connectivity index (χ2v) is 5.97. The lowest BCUT2D eigenvalue weighted by molar-refractivity contribution is -0.130. The highest BCUT2D eigenvalue weighted by molar-refractivity contribution is 5.77. The molecule has 6 nitrogen and oxygen atoms in total. The Balaban J connectivity index is 2.04. The first kappa shape index (κ1) is 15.0. The van der Waals surface area contributed by atoms with Crippen LogP contribution in [0.25, 0.3) is 0 Å². The maximum Gasteiger partial charge on any atom is 0.236 e. The zero-order valence-corrected chi connectivity index (χ0v) is 12.9. The molecule has 1 amide bonds. The molecule has 112 valence electrons. The van der Waals surface area contributed by atoms with Crippen molar-refractivity contribution in [3.05, 3.63) is 18.0 Å². The molecule has 0 saturated heterocycles. The molecule has 2 rings (SSSR count). The van der Waals surface area contributed by atoms with Gasteiger partial charge in [-0.2, -0.15) is 5.10 Å². The Hall–Kier alpha value is -1.40. The number of nitrogens with zero attached hydrogens (tertiary/aromatic N) is 5. The summed E-state index contributed by atoms with van der Waals surface area (Å²) in [6, 6.07) is 2.40. The van der Waals surface area contributed by atoms with E-state index >= 15 is 0 Å². The number of fused-ring (bicyclic) bond motifs is 1. The van der Waals surface area contributed by atoms with Gasteiger partial charge in [0, 0.05) is 33.4 Å². The summed E-state index contributed by atoms with van der Waals surface area (Å²) >= 11 is 0.